The number of rotatable bonds is 7. The molecule has 0 radical (unpaired) electrons. The molecule has 1 aliphatic heterocycles. The van der Waals surface area contributed by atoms with E-state index in [1.165, 1.54) is 16.5 Å². The second kappa shape index (κ2) is 10.0. The van der Waals surface area contributed by atoms with Gasteiger partial charge in [-0.1, -0.05) is 48.0 Å². The lowest BCUT2D eigenvalue weighted by molar-refractivity contribution is -0.130. The number of carbonyl (C=O) groups excluding carboxylic acids is 1. The van der Waals surface area contributed by atoms with Crippen LogP contribution in [-0.2, 0) is 11.3 Å². The van der Waals surface area contributed by atoms with Crippen LogP contribution in [0.3, 0.4) is 0 Å². The molecule has 0 N–H and O–H groups in total. The van der Waals surface area contributed by atoms with Gasteiger partial charge in [0.15, 0.2) is 0 Å². The number of aryl methyl sites for hydroxylation is 2. The van der Waals surface area contributed by atoms with Gasteiger partial charge in [0.1, 0.15) is 5.75 Å². The minimum Gasteiger partial charge on any atom is -0.497 e. The minimum atomic E-state index is -0.113. The minimum absolute atomic E-state index is 0.0115. The standard InChI is InChI=1S/C29H29N3O2S/c1-4-31-18-28(24-7-5-6-8-26(24)31)35-19-29(33)32-27(22-11-9-20(2)10-12-22)17-25(30-32)21-13-15-23(34-3)16-14-21/h5-16,18,27H,4,17,19H2,1-3H3. The largest absolute Gasteiger partial charge is 0.497 e. The van der Waals surface area contributed by atoms with Gasteiger partial charge in [0.25, 0.3) is 5.91 Å². The molecule has 3 aromatic carbocycles. The molecule has 5 nitrogen and oxygen atoms in total. The highest BCUT2D eigenvalue weighted by atomic mass is 32.2. The molecule has 1 aliphatic rings. The second-order valence-corrected chi connectivity index (χ2v) is 9.75. The summed E-state index contributed by atoms with van der Waals surface area (Å²) in [7, 11) is 1.66. The summed E-state index contributed by atoms with van der Waals surface area (Å²) in [5.41, 5.74) is 5.42. The SMILES string of the molecule is CCn1cc(SCC(=O)N2N=C(c3ccc(OC)cc3)CC2c2ccc(C)cc2)c2ccccc21. The Balaban J connectivity index is 1.41. The van der Waals surface area contributed by atoms with E-state index in [1.54, 1.807) is 23.9 Å². The molecule has 0 bridgehead atoms. The topological polar surface area (TPSA) is 46.8 Å². The third-order valence-corrected chi connectivity index (χ3v) is 7.52. The number of hydrogen-bond donors (Lipinski definition) is 0. The van der Waals surface area contributed by atoms with E-state index in [4.69, 9.17) is 9.84 Å². The first-order valence-electron chi connectivity index (χ1n) is 11.9. The number of methoxy groups -OCH3 is 1. The van der Waals surface area contributed by atoms with Crippen LogP contribution in [0.5, 0.6) is 5.75 Å². The molecule has 6 heteroatoms. The van der Waals surface area contributed by atoms with Crippen molar-refractivity contribution in [3.63, 3.8) is 0 Å². The summed E-state index contributed by atoms with van der Waals surface area (Å²) in [4.78, 5) is 14.7. The zero-order valence-electron chi connectivity index (χ0n) is 20.3. The van der Waals surface area contributed by atoms with Gasteiger partial charge in [0.2, 0.25) is 0 Å². The van der Waals surface area contributed by atoms with Crippen LogP contribution < -0.4 is 4.74 Å². The number of carbonyl (C=O) groups is 1. The van der Waals surface area contributed by atoms with Crippen molar-refractivity contribution < 1.29 is 9.53 Å². The molecule has 0 saturated heterocycles. The van der Waals surface area contributed by atoms with Gasteiger partial charge in [0.05, 0.1) is 24.6 Å². The summed E-state index contributed by atoms with van der Waals surface area (Å²) in [6.45, 7) is 5.11. The molecule has 4 aromatic rings. The maximum Gasteiger partial charge on any atom is 0.253 e. The van der Waals surface area contributed by atoms with Crippen molar-refractivity contribution in [3.8, 4) is 5.75 Å². The van der Waals surface area contributed by atoms with Gasteiger partial charge in [-0.25, -0.2) is 5.01 Å². The van der Waals surface area contributed by atoms with Crippen LogP contribution in [0.1, 0.15) is 36.1 Å². The summed E-state index contributed by atoms with van der Waals surface area (Å²) in [6, 6.07) is 24.5. The van der Waals surface area contributed by atoms with Crippen molar-refractivity contribution in [2.45, 2.75) is 37.8 Å². The smallest absolute Gasteiger partial charge is 0.253 e. The molecule has 0 saturated carbocycles. The highest BCUT2D eigenvalue weighted by Crippen LogP contribution is 2.35. The lowest BCUT2D eigenvalue weighted by Crippen LogP contribution is -2.28. The van der Waals surface area contributed by atoms with Crippen molar-refractivity contribution in [2.24, 2.45) is 5.10 Å². The zero-order chi connectivity index (χ0) is 24.4. The molecule has 178 valence electrons. The van der Waals surface area contributed by atoms with E-state index in [9.17, 15) is 4.79 Å². The van der Waals surface area contributed by atoms with E-state index >= 15 is 0 Å². The molecule has 0 aliphatic carbocycles. The Bertz CT molecular complexity index is 1370. The number of hydrogen-bond acceptors (Lipinski definition) is 4. The average Bonchev–Trinajstić information content (AvgIpc) is 3.50. The average molecular weight is 484 g/mol. The Morgan fingerprint density at radius 2 is 1.80 bits per heavy atom. The summed E-state index contributed by atoms with van der Waals surface area (Å²) in [5, 5.41) is 7.71. The van der Waals surface area contributed by atoms with E-state index in [0.29, 0.717) is 12.2 Å². The molecule has 5 rings (SSSR count). The summed E-state index contributed by atoms with van der Waals surface area (Å²) in [6.07, 6.45) is 2.83. The fraction of sp³-hybridized carbons (Fsp3) is 0.241. The highest BCUT2D eigenvalue weighted by molar-refractivity contribution is 8.00. The van der Waals surface area contributed by atoms with E-state index in [1.807, 2.05) is 30.3 Å². The second-order valence-electron chi connectivity index (χ2n) is 8.73. The molecule has 1 unspecified atom stereocenters. The van der Waals surface area contributed by atoms with Gasteiger partial charge < -0.3 is 9.30 Å². The van der Waals surface area contributed by atoms with Crippen LogP contribution in [0.2, 0.25) is 0 Å². The van der Waals surface area contributed by atoms with Crippen molar-refractivity contribution in [3.05, 3.63) is 95.7 Å². The van der Waals surface area contributed by atoms with Gasteiger partial charge in [0, 0.05) is 35.0 Å². The first-order chi connectivity index (χ1) is 17.1. The molecule has 0 spiro atoms. The number of thioether (sulfide) groups is 1. The number of hydrazone groups is 1. The molecule has 1 atom stereocenters. The molecular weight excluding hydrogens is 454 g/mol. The van der Waals surface area contributed by atoms with Gasteiger partial charge in [-0.2, -0.15) is 5.10 Å². The summed E-state index contributed by atoms with van der Waals surface area (Å²) >= 11 is 1.58. The Hall–Kier alpha value is -3.51. The van der Waals surface area contributed by atoms with E-state index < -0.39 is 0 Å². The first kappa shape index (κ1) is 23.2. The van der Waals surface area contributed by atoms with Gasteiger partial charge in [-0.3, -0.25) is 4.79 Å². The third-order valence-electron chi connectivity index (χ3n) is 6.50. The summed E-state index contributed by atoms with van der Waals surface area (Å²) in [5.74, 6) is 1.15. The summed E-state index contributed by atoms with van der Waals surface area (Å²) < 4.78 is 7.53. The zero-order valence-corrected chi connectivity index (χ0v) is 21.1. The molecule has 35 heavy (non-hydrogen) atoms. The van der Waals surface area contributed by atoms with Crippen LogP contribution >= 0.6 is 11.8 Å². The number of amides is 1. The Morgan fingerprint density at radius 1 is 1.06 bits per heavy atom. The fourth-order valence-electron chi connectivity index (χ4n) is 4.54. The van der Waals surface area contributed by atoms with Crippen LogP contribution in [-0.4, -0.2) is 34.1 Å². The maximum atomic E-state index is 13.5. The Labute approximate surface area is 210 Å². The molecule has 1 amide bonds. The highest BCUT2D eigenvalue weighted by Gasteiger charge is 2.33. The van der Waals surface area contributed by atoms with Crippen molar-refractivity contribution >= 4 is 34.3 Å². The van der Waals surface area contributed by atoms with E-state index in [0.717, 1.165) is 34.0 Å². The lowest BCUT2D eigenvalue weighted by Gasteiger charge is -2.22. The lowest BCUT2D eigenvalue weighted by atomic mass is 9.97. The fourth-order valence-corrected chi connectivity index (χ4v) is 5.48. The van der Waals surface area contributed by atoms with E-state index in [-0.39, 0.29) is 11.9 Å². The van der Waals surface area contributed by atoms with Crippen molar-refractivity contribution in [1.29, 1.82) is 0 Å². The molecule has 0 fully saturated rings. The van der Waals surface area contributed by atoms with Crippen LogP contribution in [0.25, 0.3) is 10.9 Å². The number of aromatic nitrogens is 1. The molecular formula is C29H29N3O2S. The first-order valence-corrected chi connectivity index (χ1v) is 12.9. The number of nitrogens with zero attached hydrogens (tertiary/aromatic N) is 3. The van der Waals surface area contributed by atoms with Crippen LogP contribution in [0, 0.1) is 6.92 Å². The monoisotopic (exact) mass is 483 g/mol. The van der Waals surface area contributed by atoms with Gasteiger partial charge in [-0.15, -0.1) is 11.8 Å². The van der Waals surface area contributed by atoms with E-state index in [2.05, 4.69) is 67.1 Å². The molecule has 1 aromatic heterocycles. The number of ether oxygens (including phenoxy) is 1. The predicted octanol–water partition coefficient (Wildman–Crippen LogP) is 6.45. The van der Waals surface area contributed by atoms with Crippen LogP contribution in [0.4, 0.5) is 0 Å². The molecule has 2 heterocycles. The normalized spacial score (nSPS) is 15.5. The number of para-hydroxylation sites is 1. The van der Waals surface area contributed by atoms with Crippen molar-refractivity contribution in [1.82, 2.24) is 9.58 Å². The van der Waals surface area contributed by atoms with Crippen LogP contribution in [0.15, 0.2) is 89.0 Å². The Morgan fingerprint density at radius 3 is 2.51 bits per heavy atom. The predicted molar refractivity (Wildman–Crippen MR) is 143 cm³/mol. The quantitative estimate of drug-likeness (QED) is 0.284. The Kier molecular flexibility index (Phi) is 6.64. The third kappa shape index (κ3) is 4.71. The number of fused-ring (bicyclic) bond motifs is 1. The van der Waals surface area contributed by atoms with Crippen molar-refractivity contribution in [2.75, 3.05) is 12.9 Å². The maximum absolute atomic E-state index is 13.5. The van der Waals surface area contributed by atoms with Gasteiger partial charge in [-0.05, 0) is 55.3 Å². The number of benzene rings is 3. The van der Waals surface area contributed by atoms with Gasteiger partial charge >= 0.3 is 0 Å².